The molecule has 106 valence electrons. The van der Waals surface area contributed by atoms with E-state index in [1.54, 1.807) is 0 Å². The van der Waals surface area contributed by atoms with E-state index in [0.717, 1.165) is 11.3 Å². The van der Waals surface area contributed by atoms with Crippen LogP contribution in [0.1, 0.15) is 43.4 Å². The second-order valence-corrected chi connectivity index (χ2v) is 6.88. The maximum Gasteiger partial charge on any atom is 0.265 e. The number of halogens is 1. The molecule has 0 radical (unpaired) electrons. The van der Waals surface area contributed by atoms with Gasteiger partial charge in [-0.1, -0.05) is 50.6 Å². The van der Waals surface area contributed by atoms with Crippen LogP contribution >= 0.6 is 15.9 Å². The Kier molecular flexibility index (Phi) is 4.14. The van der Waals surface area contributed by atoms with E-state index in [-0.39, 0.29) is 11.0 Å². The van der Waals surface area contributed by atoms with E-state index in [9.17, 15) is 4.79 Å². The van der Waals surface area contributed by atoms with Crippen molar-refractivity contribution in [1.29, 1.82) is 0 Å². The third kappa shape index (κ3) is 3.37. The maximum atomic E-state index is 12.0. The van der Waals surface area contributed by atoms with E-state index >= 15 is 0 Å². The lowest BCUT2D eigenvalue weighted by atomic mass is 9.92. The monoisotopic (exact) mass is 334 g/mol. The van der Waals surface area contributed by atoms with Gasteiger partial charge in [-0.05, 0) is 28.4 Å². The molecule has 0 spiro atoms. The predicted molar refractivity (Wildman–Crippen MR) is 85.2 cm³/mol. The minimum Gasteiger partial charge on any atom is -0.309 e. The van der Waals surface area contributed by atoms with Crippen LogP contribution in [-0.4, -0.2) is 9.97 Å². The van der Waals surface area contributed by atoms with Crippen LogP contribution in [0.3, 0.4) is 0 Å². The summed E-state index contributed by atoms with van der Waals surface area (Å²) < 4.78 is 0.526. The molecule has 0 aliphatic heterocycles. The van der Waals surface area contributed by atoms with Gasteiger partial charge < -0.3 is 4.98 Å². The number of rotatable bonds is 2. The van der Waals surface area contributed by atoms with Crippen molar-refractivity contribution < 1.29 is 0 Å². The molecular weight excluding hydrogens is 316 g/mol. The van der Waals surface area contributed by atoms with Crippen molar-refractivity contribution in [1.82, 2.24) is 9.97 Å². The first-order chi connectivity index (χ1) is 9.27. The smallest absolute Gasteiger partial charge is 0.265 e. The highest BCUT2D eigenvalue weighted by Crippen LogP contribution is 2.25. The first kappa shape index (κ1) is 15.0. The number of benzene rings is 1. The van der Waals surface area contributed by atoms with Gasteiger partial charge in [-0.25, -0.2) is 4.98 Å². The fourth-order valence-electron chi connectivity index (χ4n) is 2.10. The summed E-state index contributed by atoms with van der Waals surface area (Å²) in [6.07, 6.45) is 0.632. The number of aromatic amines is 1. The fourth-order valence-corrected chi connectivity index (χ4v) is 2.88. The third-order valence-electron chi connectivity index (χ3n) is 3.08. The van der Waals surface area contributed by atoms with E-state index < -0.39 is 0 Å². The normalized spacial score (nSPS) is 11.7. The summed E-state index contributed by atoms with van der Waals surface area (Å²) in [6.45, 7) is 8.21. The number of hydrogen-bond donors (Lipinski definition) is 1. The summed E-state index contributed by atoms with van der Waals surface area (Å²) in [4.78, 5) is 19.5. The molecule has 0 unspecified atom stereocenters. The molecule has 0 amide bonds. The zero-order valence-electron chi connectivity index (χ0n) is 12.2. The van der Waals surface area contributed by atoms with Crippen LogP contribution in [0, 0.1) is 6.92 Å². The minimum absolute atomic E-state index is 0.118. The zero-order valence-corrected chi connectivity index (χ0v) is 13.8. The molecule has 1 heterocycles. The highest BCUT2D eigenvalue weighted by atomic mass is 79.9. The van der Waals surface area contributed by atoms with E-state index in [1.165, 1.54) is 5.56 Å². The van der Waals surface area contributed by atoms with Crippen molar-refractivity contribution in [3.63, 3.8) is 0 Å². The van der Waals surface area contributed by atoms with Gasteiger partial charge in [-0.3, -0.25) is 4.79 Å². The van der Waals surface area contributed by atoms with Crippen LogP contribution in [0.2, 0.25) is 0 Å². The third-order valence-corrected chi connectivity index (χ3v) is 3.81. The standard InChI is InChI=1S/C16H19BrN2O/c1-10-6-5-7-11(8-10)9-12-18-14(16(2,3)4)13(17)15(20)19-12/h5-8H,9H2,1-4H3,(H,18,19,20). The van der Waals surface area contributed by atoms with Crippen molar-refractivity contribution in [3.8, 4) is 0 Å². The Morgan fingerprint density at radius 1 is 1.30 bits per heavy atom. The first-order valence-corrected chi connectivity index (χ1v) is 7.41. The van der Waals surface area contributed by atoms with Gasteiger partial charge in [0, 0.05) is 11.8 Å². The zero-order chi connectivity index (χ0) is 14.9. The Morgan fingerprint density at radius 3 is 2.60 bits per heavy atom. The molecule has 1 aromatic heterocycles. The quantitative estimate of drug-likeness (QED) is 0.909. The molecule has 20 heavy (non-hydrogen) atoms. The Labute approximate surface area is 127 Å². The largest absolute Gasteiger partial charge is 0.309 e. The van der Waals surface area contributed by atoms with Gasteiger partial charge in [-0.2, -0.15) is 0 Å². The van der Waals surface area contributed by atoms with Crippen molar-refractivity contribution in [2.24, 2.45) is 0 Å². The number of aromatic nitrogens is 2. The Morgan fingerprint density at radius 2 is 2.00 bits per heavy atom. The summed E-state index contributed by atoms with van der Waals surface area (Å²) in [5.74, 6) is 0.703. The van der Waals surface area contributed by atoms with Gasteiger partial charge in [0.2, 0.25) is 0 Å². The number of hydrogen-bond acceptors (Lipinski definition) is 2. The molecule has 0 saturated carbocycles. The summed E-state index contributed by atoms with van der Waals surface area (Å²) in [7, 11) is 0. The lowest BCUT2D eigenvalue weighted by molar-refractivity contribution is 0.557. The highest BCUT2D eigenvalue weighted by Gasteiger charge is 2.21. The lowest BCUT2D eigenvalue weighted by Gasteiger charge is -2.19. The second kappa shape index (κ2) is 5.52. The lowest BCUT2D eigenvalue weighted by Crippen LogP contribution is -2.23. The van der Waals surface area contributed by atoms with Crippen LogP contribution in [0.25, 0.3) is 0 Å². The molecule has 2 aromatic rings. The molecule has 0 fully saturated rings. The van der Waals surface area contributed by atoms with Gasteiger partial charge in [0.15, 0.2) is 0 Å². The van der Waals surface area contributed by atoms with Gasteiger partial charge in [0.05, 0.1) is 5.69 Å². The molecule has 4 heteroatoms. The van der Waals surface area contributed by atoms with E-state index in [0.29, 0.717) is 16.7 Å². The van der Waals surface area contributed by atoms with Gasteiger partial charge >= 0.3 is 0 Å². The number of nitrogens with zero attached hydrogens (tertiary/aromatic N) is 1. The van der Waals surface area contributed by atoms with Crippen LogP contribution in [0.5, 0.6) is 0 Å². The van der Waals surface area contributed by atoms with Gasteiger partial charge in [0.1, 0.15) is 10.3 Å². The van der Waals surface area contributed by atoms with Crippen molar-refractivity contribution >= 4 is 15.9 Å². The summed E-state index contributed by atoms with van der Waals surface area (Å²) in [6, 6.07) is 8.23. The Balaban J connectivity index is 2.44. The number of nitrogens with one attached hydrogen (secondary N) is 1. The maximum absolute atomic E-state index is 12.0. The van der Waals surface area contributed by atoms with Crippen LogP contribution < -0.4 is 5.56 Å². The van der Waals surface area contributed by atoms with Gasteiger partial charge in [-0.15, -0.1) is 0 Å². The fraction of sp³-hybridized carbons (Fsp3) is 0.375. The van der Waals surface area contributed by atoms with Crippen LogP contribution in [0.4, 0.5) is 0 Å². The molecule has 3 nitrogen and oxygen atoms in total. The molecule has 0 atom stereocenters. The van der Waals surface area contributed by atoms with Crippen molar-refractivity contribution in [2.75, 3.05) is 0 Å². The van der Waals surface area contributed by atoms with Crippen molar-refractivity contribution in [3.05, 3.63) is 61.7 Å². The number of aryl methyl sites for hydroxylation is 1. The topological polar surface area (TPSA) is 45.8 Å². The van der Waals surface area contributed by atoms with E-state index in [1.807, 2.05) is 12.1 Å². The highest BCUT2D eigenvalue weighted by molar-refractivity contribution is 9.10. The summed E-state index contributed by atoms with van der Waals surface area (Å²) in [5, 5.41) is 0. The molecule has 0 bridgehead atoms. The predicted octanol–water partition coefficient (Wildman–Crippen LogP) is 3.73. The Bertz CT molecular complexity index is 684. The van der Waals surface area contributed by atoms with E-state index in [2.05, 4.69) is 65.7 Å². The van der Waals surface area contributed by atoms with Crippen LogP contribution in [0.15, 0.2) is 33.5 Å². The molecule has 0 aliphatic carbocycles. The summed E-state index contributed by atoms with van der Waals surface area (Å²) in [5.41, 5.74) is 2.86. The second-order valence-electron chi connectivity index (χ2n) is 6.09. The summed E-state index contributed by atoms with van der Waals surface area (Å²) >= 11 is 3.34. The minimum atomic E-state index is -0.172. The molecule has 0 saturated heterocycles. The van der Waals surface area contributed by atoms with Crippen molar-refractivity contribution in [2.45, 2.75) is 39.5 Å². The van der Waals surface area contributed by atoms with Crippen LogP contribution in [-0.2, 0) is 11.8 Å². The molecule has 0 aliphatic rings. The SMILES string of the molecule is Cc1cccc(Cc2nc(C(C)(C)C)c(Br)c(=O)[nH]2)c1. The molecular formula is C16H19BrN2O. The number of H-pyrrole nitrogens is 1. The van der Waals surface area contributed by atoms with Gasteiger partial charge in [0.25, 0.3) is 5.56 Å². The molecule has 1 N–H and O–H groups in total. The van der Waals surface area contributed by atoms with E-state index in [4.69, 9.17) is 0 Å². The molecule has 2 rings (SSSR count). The average Bonchev–Trinajstić information content (AvgIpc) is 2.32. The molecule has 1 aromatic carbocycles. The Hall–Kier alpha value is -1.42. The average molecular weight is 335 g/mol. The first-order valence-electron chi connectivity index (χ1n) is 6.62.